The smallest absolute Gasteiger partial charge is 0.0671 e. The molecule has 1 rings (SSSR count). The van der Waals surface area contributed by atoms with Crippen LogP contribution in [0.25, 0.3) is 0 Å². The summed E-state index contributed by atoms with van der Waals surface area (Å²) in [5.74, 6) is 0.577. The lowest BCUT2D eigenvalue weighted by atomic mass is 10.1. The van der Waals surface area contributed by atoms with Crippen molar-refractivity contribution < 1.29 is 4.74 Å². The highest BCUT2D eigenvalue weighted by Gasteiger charge is 2.18. The lowest BCUT2D eigenvalue weighted by Gasteiger charge is -2.10. The normalized spacial score (nSPS) is 13.2. The minimum atomic E-state index is 0.0234. The Labute approximate surface area is 122 Å². The van der Waals surface area contributed by atoms with E-state index in [-0.39, 0.29) is 5.38 Å². The van der Waals surface area contributed by atoms with Gasteiger partial charge in [-0.1, -0.05) is 27.7 Å². The van der Waals surface area contributed by atoms with Gasteiger partial charge in [-0.05, 0) is 25.7 Å². The second-order valence-electron chi connectivity index (χ2n) is 5.32. The molecule has 1 heterocycles. The molecule has 0 aliphatic rings. The van der Waals surface area contributed by atoms with E-state index in [9.17, 15) is 0 Å². The van der Waals surface area contributed by atoms with Gasteiger partial charge in [-0.2, -0.15) is 5.10 Å². The van der Waals surface area contributed by atoms with Crippen LogP contribution in [-0.4, -0.2) is 23.0 Å². The third-order valence-corrected chi connectivity index (χ3v) is 3.36. The van der Waals surface area contributed by atoms with Gasteiger partial charge in [0.1, 0.15) is 0 Å². The summed E-state index contributed by atoms with van der Waals surface area (Å²) in [5, 5.41) is 4.71. The standard InChI is InChI=1S/C15H27ClN2O/c1-6-13-15(12(5)16)14(7-2)18(17-13)8-9-19-10-11(3)4/h11-12H,6-10H2,1-5H3. The summed E-state index contributed by atoms with van der Waals surface area (Å²) in [6.45, 7) is 13.0. The summed E-state index contributed by atoms with van der Waals surface area (Å²) in [6.07, 6.45) is 1.89. The molecule has 0 bridgehead atoms. The molecule has 19 heavy (non-hydrogen) atoms. The molecular formula is C15H27ClN2O. The van der Waals surface area contributed by atoms with Crippen LogP contribution >= 0.6 is 11.6 Å². The Kier molecular flexibility index (Phi) is 6.87. The van der Waals surface area contributed by atoms with Crippen molar-refractivity contribution in [2.24, 2.45) is 5.92 Å². The van der Waals surface area contributed by atoms with Crippen molar-refractivity contribution in [1.82, 2.24) is 9.78 Å². The van der Waals surface area contributed by atoms with Crippen molar-refractivity contribution in [2.75, 3.05) is 13.2 Å². The van der Waals surface area contributed by atoms with E-state index in [1.165, 1.54) is 11.3 Å². The maximum atomic E-state index is 6.30. The Bertz CT molecular complexity index is 386. The van der Waals surface area contributed by atoms with Crippen LogP contribution in [0.3, 0.4) is 0 Å². The molecule has 1 aromatic rings. The van der Waals surface area contributed by atoms with Crippen LogP contribution < -0.4 is 0 Å². The zero-order valence-corrected chi connectivity index (χ0v) is 13.6. The molecule has 0 radical (unpaired) electrons. The first kappa shape index (κ1) is 16.5. The van der Waals surface area contributed by atoms with Gasteiger partial charge in [-0.3, -0.25) is 4.68 Å². The molecular weight excluding hydrogens is 260 g/mol. The Morgan fingerprint density at radius 3 is 2.37 bits per heavy atom. The maximum absolute atomic E-state index is 6.30. The second kappa shape index (κ2) is 7.91. The highest BCUT2D eigenvalue weighted by atomic mass is 35.5. The summed E-state index contributed by atoms with van der Waals surface area (Å²) in [4.78, 5) is 0. The van der Waals surface area contributed by atoms with E-state index in [2.05, 4.69) is 37.5 Å². The summed E-state index contributed by atoms with van der Waals surface area (Å²) >= 11 is 6.30. The molecule has 110 valence electrons. The first-order valence-corrected chi connectivity index (χ1v) is 7.75. The van der Waals surface area contributed by atoms with E-state index < -0.39 is 0 Å². The number of halogens is 1. The zero-order chi connectivity index (χ0) is 14.4. The van der Waals surface area contributed by atoms with E-state index in [1.54, 1.807) is 0 Å². The van der Waals surface area contributed by atoms with Crippen molar-refractivity contribution in [3.8, 4) is 0 Å². The van der Waals surface area contributed by atoms with Crippen molar-refractivity contribution in [3.05, 3.63) is 17.0 Å². The summed E-state index contributed by atoms with van der Waals surface area (Å²) in [7, 11) is 0. The predicted molar refractivity (Wildman–Crippen MR) is 80.9 cm³/mol. The number of aryl methyl sites for hydroxylation is 1. The van der Waals surface area contributed by atoms with Gasteiger partial charge in [0, 0.05) is 17.9 Å². The SMILES string of the molecule is CCc1nn(CCOCC(C)C)c(CC)c1C(C)Cl. The number of hydrogen-bond acceptors (Lipinski definition) is 2. The molecule has 0 amide bonds. The van der Waals surface area contributed by atoms with Crippen molar-refractivity contribution in [1.29, 1.82) is 0 Å². The summed E-state index contributed by atoms with van der Waals surface area (Å²) in [5.41, 5.74) is 3.60. The van der Waals surface area contributed by atoms with Crippen LogP contribution in [0.5, 0.6) is 0 Å². The molecule has 3 nitrogen and oxygen atoms in total. The monoisotopic (exact) mass is 286 g/mol. The van der Waals surface area contributed by atoms with Crippen LogP contribution in [0.2, 0.25) is 0 Å². The molecule has 0 saturated heterocycles. The first-order valence-electron chi connectivity index (χ1n) is 7.31. The average molecular weight is 287 g/mol. The summed E-state index contributed by atoms with van der Waals surface area (Å²) < 4.78 is 7.72. The number of hydrogen-bond donors (Lipinski definition) is 0. The maximum Gasteiger partial charge on any atom is 0.0671 e. The van der Waals surface area contributed by atoms with Crippen LogP contribution in [0, 0.1) is 5.92 Å². The highest BCUT2D eigenvalue weighted by molar-refractivity contribution is 6.20. The Morgan fingerprint density at radius 2 is 1.89 bits per heavy atom. The number of alkyl halides is 1. The third-order valence-electron chi connectivity index (χ3n) is 3.14. The molecule has 1 aromatic heterocycles. The van der Waals surface area contributed by atoms with Gasteiger partial charge in [-0.15, -0.1) is 11.6 Å². The van der Waals surface area contributed by atoms with Gasteiger partial charge >= 0.3 is 0 Å². The van der Waals surface area contributed by atoms with Gasteiger partial charge in [0.15, 0.2) is 0 Å². The molecule has 0 aliphatic carbocycles. The van der Waals surface area contributed by atoms with Gasteiger partial charge in [0.2, 0.25) is 0 Å². The lowest BCUT2D eigenvalue weighted by Crippen LogP contribution is -2.13. The Balaban J connectivity index is 2.77. The third kappa shape index (κ3) is 4.50. The molecule has 0 saturated carbocycles. The van der Waals surface area contributed by atoms with Crippen LogP contribution in [0.15, 0.2) is 0 Å². The molecule has 0 aromatic carbocycles. The van der Waals surface area contributed by atoms with Crippen molar-refractivity contribution >= 4 is 11.6 Å². The van der Waals surface area contributed by atoms with Crippen molar-refractivity contribution in [2.45, 2.75) is 59.4 Å². The largest absolute Gasteiger partial charge is 0.379 e. The quantitative estimate of drug-likeness (QED) is 0.534. The molecule has 1 unspecified atom stereocenters. The number of nitrogens with zero attached hydrogens (tertiary/aromatic N) is 2. The fraction of sp³-hybridized carbons (Fsp3) is 0.800. The molecule has 0 fully saturated rings. The second-order valence-corrected chi connectivity index (χ2v) is 5.98. The van der Waals surface area contributed by atoms with Gasteiger partial charge in [0.05, 0.1) is 24.2 Å². The van der Waals surface area contributed by atoms with Crippen LogP contribution in [0.4, 0.5) is 0 Å². The fourth-order valence-electron chi connectivity index (χ4n) is 2.31. The number of rotatable bonds is 8. The molecule has 1 atom stereocenters. The average Bonchev–Trinajstić information content (AvgIpc) is 2.72. The Hall–Kier alpha value is -0.540. The van der Waals surface area contributed by atoms with E-state index >= 15 is 0 Å². The molecule has 0 aliphatic heterocycles. The lowest BCUT2D eigenvalue weighted by molar-refractivity contribution is 0.100. The van der Waals surface area contributed by atoms with Gasteiger partial charge in [-0.25, -0.2) is 0 Å². The summed E-state index contributed by atoms with van der Waals surface area (Å²) in [6, 6.07) is 0. The van der Waals surface area contributed by atoms with E-state index in [0.717, 1.165) is 31.7 Å². The van der Waals surface area contributed by atoms with E-state index in [4.69, 9.17) is 16.3 Å². The van der Waals surface area contributed by atoms with Gasteiger partial charge in [0.25, 0.3) is 0 Å². The fourth-order valence-corrected chi connectivity index (χ4v) is 2.57. The number of ether oxygens (including phenoxy) is 1. The predicted octanol–water partition coefficient (Wildman–Crippen LogP) is 3.98. The Morgan fingerprint density at radius 1 is 1.21 bits per heavy atom. The van der Waals surface area contributed by atoms with Gasteiger partial charge < -0.3 is 4.74 Å². The first-order chi connectivity index (χ1) is 9.01. The van der Waals surface area contributed by atoms with Crippen LogP contribution in [0.1, 0.15) is 56.9 Å². The minimum Gasteiger partial charge on any atom is -0.379 e. The topological polar surface area (TPSA) is 27.1 Å². The van der Waals surface area contributed by atoms with Crippen molar-refractivity contribution in [3.63, 3.8) is 0 Å². The molecule has 0 N–H and O–H groups in total. The van der Waals surface area contributed by atoms with Crippen LogP contribution in [-0.2, 0) is 24.1 Å². The number of aromatic nitrogens is 2. The molecule has 4 heteroatoms. The van der Waals surface area contributed by atoms with E-state index in [0.29, 0.717) is 12.5 Å². The highest BCUT2D eigenvalue weighted by Crippen LogP contribution is 2.28. The zero-order valence-electron chi connectivity index (χ0n) is 12.9. The minimum absolute atomic E-state index is 0.0234. The molecule has 0 spiro atoms. The van der Waals surface area contributed by atoms with E-state index in [1.807, 2.05) is 6.92 Å².